The van der Waals surface area contributed by atoms with Gasteiger partial charge < -0.3 is 4.90 Å². The molecule has 4 rings (SSSR count). The summed E-state index contributed by atoms with van der Waals surface area (Å²) in [4.78, 5) is 18.9. The number of hydrogen-bond donors (Lipinski definition) is 0. The molecule has 1 saturated heterocycles. The fourth-order valence-electron chi connectivity index (χ4n) is 3.67. The molecule has 0 spiro atoms. The number of aryl methyl sites for hydroxylation is 1. The van der Waals surface area contributed by atoms with Gasteiger partial charge in [0.1, 0.15) is 11.6 Å². The number of fused-ring (bicyclic) bond motifs is 1. The summed E-state index contributed by atoms with van der Waals surface area (Å²) in [6, 6.07) is 12.7. The Morgan fingerprint density at radius 1 is 1.00 bits per heavy atom. The summed E-state index contributed by atoms with van der Waals surface area (Å²) < 4.78 is 0. The van der Waals surface area contributed by atoms with Crippen LogP contribution in [0.15, 0.2) is 42.6 Å². The maximum atomic E-state index is 4.79. The van der Waals surface area contributed by atoms with Gasteiger partial charge in [-0.05, 0) is 18.6 Å². The molecule has 5 nitrogen and oxygen atoms in total. The van der Waals surface area contributed by atoms with Gasteiger partial charge in [-0.1, -0.05) is 38.1 Å². The van der Waals surface area contributed by atoms with E-state index in [1.54, 1.807) is 0 Å². The van der Waals surface area contributed by atoms with Crippen LogP contribution < -0.4 is 4.90 Å². The van der Waals surface area contributed by atoms with Crippen molar-refractivity contribution in [1.82, 2.24) is 19.9 Å². The van der Waals surface area contributed by atoms with Gasteiger partial charge in [0.2, 0.25) is 0 Å². The van der Waals surface area contributed by atoms with E-state index < -0.39 is 0 Å². The zero-order chi connectivity index (χ0) is 18.8. The van der Waals surface area contributed by atoms with Crippen LogP contribution in [0.1, 0.15) is 36.8 Å². The Bertz CT molecular complexity index is 924. The lowest BCUT2D eigenvalue weighted by Gasteiger charge is -2.35. The predicted molar refractivity (Wildman–Crippen MR) is 110 cm³/mol. The Balaban J connectivity index is 1.45. The molecule has 0 N–H and O–H groups in total. The van der Waals surface area contributed by atoms with Crippen LogP contribution in [-0.4, -0.2) is 46.0 Å². The van der Waals surface area contributed by atoms with Gasteiger partial charge in [0.05, 0.1) is 5.52 Å². The molecule has 27 heavy (non-hydrogen) atoms. The lowest BCUT2D eigenvalue weighted by atomic mass is 10.1. The minimum Gasteiger partial charge on any atom is -0.354 e. The fraction of sp³-hybridized carbons (Fsp3) is 0.409. The molecular weight excluding hydrogens is 334 g/mol. The van der Waals surface area contributed by atoms with E-state index in [4.69, 9.17) is 4.98 Å². The molecule has 0 aliphatic carbocycles. The molecule has 1 aliphatic rings. The van der Waals surface area contributed by atoms with Crippen molar-refractivity contribution in [3.05, 3.63) is 59.7 Å². The fourth-order valence-corrected chi connectivity index (χ4v) is 3.67. The minimum atomic E-state index is 0.351. The Labute approximate surface area is 161 Å². The Morgan fingerprint density at radius 3 is 2.56 bits per heavy atom. The van der Waals surface area contributed by atoms with Gasteiger partial charge in [-0.3, -0.25) is 9.88 Å². The molecule has 3 aromatic rings. The van der Waals surface area contributed by atoms with E-state index in [0.29, 0.717) is 5.92 Å². The number of hydrogen-bond acceptors (Lipinski definition) is 5. The normalized spacial score (nSPS) is 15.6. The molecule has 1 aromatic carbocycles. The molecule has 2 aromatic heterocycles. The van der Waals surface area contributed by atoms with Gasteiger partial charge in [0, 0.05) is 62.0 Å². The highest BCUT2D eigenvalue weighted by Gasteiger charge is 2.20. The predicted octanol–water partition coefficient (Wildman–Crippen LogP) is 3.78. The topological polar surface area (TPSA) is 45.2 Å². The van der Waals surface area contributed by atoms with Gasteiger partial charge in [-0.25, -0.2) is 9.97 Å². The average Bonchev–Trinajstić information content (AvgIpc) is 2.68. The maximum absolute atomic E-state index is 4.79. The third-order valence-corrected chi connectivity index (χ3v) is 5.18. The molecule has 0 atom stereocenters. The van der Waals surface area contributed by atoms with Gasteiger partial charge in [-0.15, -0.1) is 0 Å². The van der Waals surface area contributed by atoms with E-state index in [2.05, 4.69) is 70.9 Å². The lowest BCUT2D eigenvalue weighted by Crippen LogP contribution is -2.46. The second-order valence-electron chi connectivity index (χ2n) is 7.64. The quantitative estimate of drug-likeness (QED) is 0.708. The number of piperazine rings is 1. The highest BCUT2D eigenvalue weighted by molar-refractivity contribution is 5.81. The van der Waals surface area contributed by atoms with Crippen molar-refractivity contribution in [2.24, 2.45) is 0 Å². The monoisotopic (exact) mass is 361 g/mol. The zero-order valence-corrected chi connectivity index (χ0v) is 16.4. The van der Waals surface area contributed by atoms with E-state index in [1.165, 1.54) is 10.9 Å². The van der Waals surface area contributed by atoms with Crippen molar-refractivity contribution in [3.63, 3.8) is 0 Å². The first-order valence-corrected chi connectivity index (χ1v) is 9.75. The Hall–Kier alpha value is -2.53. The molecule has 0 saturated carbocycles. The van der Waals surface area contributed by atoms with Crippen molar-refractivity contribution in [3.8, 4) is 0 Å². The average molecular weight is 361 g/mol. The van der Waals surface area contributed by atoms with E-state index >= 15 is 0 Å². The number of pyridine rings is 1. The molecule has 3 heterocycles. The van der Waals surface area contributed by atoms with E-state index in [-0.39, 0.29) is 0 Å². The van der Waals surface area contributed by atoms with Crippen LogP contribution in [0.2, 0.25) is 0 Å². The highest BCUT2D eigenvalue weighted by Crippen LogP contribution is 2.21. The Kier molecular flexibility index (Phi) is 5.03. The number of anilines is 1. The number of rotatable bonds is 4. The molecule has 0 amide bonds. The van der Waals surface area contributed by atoms with E-state index in [1.807, 2.05) is 12.3 Å². The second kappa shape index (κ2) is 7.61. The molecular formula is C22H27N5. The van der Waals surface area contributed by atoms with E-state index in [0.717, 1.165) is 55.6 Å². The highest BCUT2D eigenvalue weighted by atomic mass is 15.3. The third kappa shape index (κ3) is 3.93. The van der Waals surface area contributed by atoms with Crippen molar-refractivity contribution >= 4 is 16.7 Å². The summed E-state index contributed by atoms with van der Waals surface area (Å²) in [5, 5.41) is 1.21. The lowest BCUT2D eigenvalue weighted by molar-refractivity contribution is 0.250. The van der Waals surface area contributed by atoms with Crippen LogP contribution in [0.25, 0.3) is 10.9 Å². The van der Waals surface area contributed by atoms with Crippen LogP contribution in [-0.2, 0) is 6.54 Å². The molecule has 140 valence electrons. The first kappa shape index (κ1) is 17.9. The van der Waals surface area contributed by atoms with Crippen LogP contribution in [0.3, 0.4) is 0 Å². The summed E-state index contributed by atoms with van der Waals surface area (Å²) in [5.41, 5.74) is 3.48. The first-order valence-electron chi connectivity index (χ1n) is 9.75. The van der Waals surface area contributed by atoms with Crippen LogP contribution in [0.5, 0.6) is 0 Å². The number of aromatic nitrogens is 3. The van der Waals surface area contributed by atoms with Crippen molar-refractivity contribution in [2.75, 3.05) is 31.1 Å². The van der Waals surface area contributed by atoms with Crippen LogP contribution in [0, 0.1) is 6.92 Å². The molecule has 5 heteroatoms. The summed E-state index contributed by atoms with van der Waals surface area (Å²) in [6.07, 6.45) is 1.88. The van der Waals surface area contributed by atoms with Gasteiger partial charge in [-0.2, -0.15) is 0 Å². The van der Waals surface area contributed by atoms with E-state index in [9.17, 15) is 0 Å². The summed E-state index contributed by atoms with van der Waals surface area (Å²) >= 11 is 0. The number of nitrogens with zero attached hydrogens (tertiary/aromatic N) is 5. The first-order chi connectivity index (χ1) is 13.1. The zero-order valence-electron chi connectivity index (χ0n) is 16.4. The van der Waals surface area contributed by atoms with Gasteiger partial charge in [0.25, 0.3) is 0 Å². The van der Waals surface area contributed by atoms with Gasteiger partial charge in [0.15, 0.2) is 0 Å². The summed E-state index contributed by atoms with van der Waals surface area (Å²) in [5.74, 6) is 2.36. The molecule has 1 aliphatic heterocycles. The third-order valence-electron chi connectivity index (χ3n) is 5.18. The smallest absolute Gasteiger partial charge is 0.133 e. The second-order valence-corrected chi connectivity index (χ2v) is 7.64. The molecule has 0 radical (unpaired) electrons. The molecule has 0 unspecified atom stereocenters. The van der Waals surface area contributed by atoms with Gasteiger partial charge >= 0.3 is 0 Å². The largest absolute Gasteiger partial charge is 0.354 e. The van der Waals surface area contributed by atoms with Crippen molar-refractivity contribution in [2.45, 2.75) is 33.2 Å². The SMILES string of the molecule is Cc1cc(N2CCN(Cc3cccc4cccnc34)CC2)nc(C(C)C)n1. The molecule has 0 bridgehead atoms. The Morgan fingerprint density at radius 2 is 1.78 bits per heavy atom. The standard InChI is InChI=1S/C22H27N5/c1-16(2)22-24-17(3)14-20(25-22)27-12-10-26(11-13-27)15-19-7-4-6-18-8-5-9-23-21(18)19/h4-9,14,16H,10-13,15H2,1-3H3. The number of benzene rings is 1. The maximum Gasteiger partial charge on any atom is 0.133 e. The van der Waals surface area contributed by atoms with Crippen LogP contribution >= 0.6 is 0 Å². The summed E-state index contributed by atoms with van der Waals surface area (Å²) in [7, 11) is 0. The van der Waals surface area contributed by atoms with Crippen molar-refractivity contribution in [1.29, 1.82) is 0 Å². The number of para-hydroxylation sites is 1. The van der Waals surface area contributed by atoms with Crippen molar-refractivity contribution < 1.29 is 0 Å². The molecule has 1 fully saturated rings. The minimum absolute atomic E-state index is 0.351. The summed E-state index contributed by atoms with van der Waals surface area (Å²) in [6.45, 7) is 11.3. The van der Waals surface area contributed by atoms with Crippen LogP contribution in [0.4, 0.5) is 5.82 Å².